The number of aryl methyl sites for hydroxylation is 2. The van der Waals surface area contributed by atoms with Gasteiger partial charge in [-0.15, -0.1) is 0 Å². The van der Waals surface area contributed by atoms with Gasteiger partial charge in [-0.3, -0.25) is 4.79 Å². The molecule has 2 rings (SSSR count). The van der Waals surface area contributed by atoms with Crippen LogP contribution in [0, 0.1) is 11.3 Å². The van der Waals surface area contributed by atoms with E-state index in [1.165, 1.54) is 11.1 Å². The second kappa shape index (κ2) is 6.71. The number of amides is 1. The summed E-state index contributed by atoms with van der Waals surface area (Å²) in [4.78, 5) is 23.2. The second-order valence-electron chi connectivity index (χ2n) is 4.67. The Hall–Kier alpha value is -2.35. The lowest BCUT2D eigenvalue weighted by Crippen LogP contribution is -2.29. The first kappa shape index (κ1) is 14.1. The van der Waals surface area contributed by atoms with Crippen molar-refractivity contribution < 1.29 is 14.3 Å². The molecular formula is C15H16N2O3. The van der Waals surface area contributed by atoms with Crippen molar-refractivity contribution >= 4 is 11.9 Å². The summed E-state index contributed by atoms with van der Waals surface area (Å²) in [6.07, 6.45) is 3.41. The van der Waals surface area contributed by atoms with Crippen molar-refractivity contribution in [3.63, 3.8) is 0 Å². The van der Waals surface area contributed by atoms with Crippen LogP contribution in [0.5, 0.6) is 0 Å². The van der Waals surface area contributed by atoms with Crippen LogP contribution in [0.2, 0.25) is 0 Å². The molecule has 1 aliphatic rings. The van der Waals surface area contributed by atoms with E-state index in [1.807, 2.05) is 18.2 Å². The topological polar surface area (TPSA) is 79.2 Å². The quantitative estimate of drug-likeness (QED) is 0.648. The molecule has 0 heterocycles. The lowest BCUT2D eigenvalue weighted by atomic mass is 10.1. The molecule has 0 saturated heterocycles. The monoisotopic (exact) mass is 272 g/mol. The van der Waals surface area contributed by atoms with Gasteiger partial charge in [0.15, 0.2) is 6.61 Å². The molecule has 0 spiro atoms. The minimum atomic E-state index is -0.491. The molecule has 5 nitrogen and oxygen atoms in total. The Kier molecular flexibility index (Phi) is 4.72. The summed E-state index contributed by atoms with van der Waals surface area (Å²) in [5.74, 6) is -0.884. The van der Waals surface area contributed by atoms with Crippen LogP contribution in [0.4, 0.5) is 0 Å². The van der Waals surface area contributed by atoms with Crippen molar-refractivity contribution in [3.8, 4) is 6.07 Å². The number of nitriles is 1. The number of rotatable bonds is 5. The summed E-state index contributed by atoms with van der Waals surface area (Å²) in [6, 6.07) is 7.45. The highest BCUT2D eigenvalue weighted by Gasteiger charge is 2.15. The molecule has 20 heavy (non-hydrogen) atoms. The van der Waals surface area contributed by atoms with Gasteiger partial charge in [-0.05, 0) is 42.5 Å². The third-order valence-corrected chi connectivity index (χ3v) is 3.23. The second-order valence-corrected chi connectivity index (χ2v) is 4.67. The number of carbonyl (C=O) groups is 2. The van der Waals surface area contributed by atoms with Gasteiger partial charge in [-0.25, -0.2) is 4.79 Å². The average Bonchev–Trinajstić information content (AvgIpc) is 2.92. The zero-order chi connectivity index (χ0) is 14.4. The normalized spacial score (nSPS) is 12.3. The van der Waals surface area contributed by atoms with Crippen LogP contribution in [0.25, 0.3) is 0 Å². The third-order valence-electron chi connectivity index (χ3n) is 3.23. The van der Waals surface area contributed by atoms with Gasteiger partial charge < -0.3 is 10.1 Å². The van der Waals surface area contributed by atoms with Crippen LogP contribution < -0.4 is 5.32 Å². The Bertz CT molecular complexity index is 561. The van der Waals surface area contributed by atoms with Crippen molar-refractivity contribution in [1.82, 2.24) is 5.32 Å². The number of carbonyl (C=O) groups excluding carboxylic acids is 2. The first-order valence-corrected chi connectivity index (χ1v) is 6.63. The van der Waals surface area contributed by atoms with Gasteiger partial charge in [0.1, 0.15) is 0 Å². The van der Waals surface area contributed by atoms with Crippen LogP contribution in [0.15, 0.2) is 18.2 Å². The zero-order valence-electron chi connectivity index (χ0n) is 11.1. The molecule has 1 aromatic rings. The maximum absolute atomic E-state index is 11.8. The summed E-state index contributed by atoms with van der Waals surface area (Å²) in [5, 5.41) is 10.8. The molecule has 0 saturated carbocycles. The Labute approximate surface area is 117 Å². The lowest BCUT2D eigenvalue weighted by molar-refractivity contribution is -0.124. The summed E-state index contributed by atoms with van der Waals surface area (Å²) in [7, 11) is 0. The highest BCUT2D eigenvalue weighted by molar-refractivity contribution is 5.91. The largest absolute Gasteiger partial charge is 0.452 e. The van der Waals surface area contributed by atoms with Gasteiger partial charge in [0.25, 0.3) is 5.91 Å². The van der Waals surface area contributed by atoms with E-state index in [1.54, 1.807) is 6.07 Å². The van der Waals surface area contributed by atoms with E-state index in [0.29, 0.717) is 5.56 Å². The molecule has 104 valence electrons. The molecule has 0 atom stereocenters. The number of benzene rings is 1. The van der Waals surface area contributed by atoms with Gasteiger partial charge in [-0.2, -0.15) is 5.26 Å². The number of esters is 1. The third kappa shape index (κ3) is 3.58. The molecule has 0 bridgehead atoms. The van der Waals surface area contributed by atoms with Crippen LogP contribution in [-0.2, 0) is 22.4 Å². The average molecular weight is 272 g/mol. The molecule has 0 aliphatic heterocycles. The molecule has 1 N–H and O–H groups in total. The highest BCUT2D eigenvalue weighted by atomic mass is 16.5. The Morgan fingerprint density at radius 2 is 2.10 bits per heavy atom. The van der Waals surface area contributed by atoms with Gasteiger partial charge in [0, 0.05) is 6.54 Å². The van der Waals surface area contributed by atoms with E-state index in [4.69, 9.17) is 10.00 Å². The van der Waals surface area contributed by atoms with Crippen LogP contribution in [0.3, 0.4) is 0 Å². The molecular weight excluding hydrogens is 256 g/mol. The number of fused-ring (bicyclic) bond motifs is 1. The van der Waals surface area contributed by atoms with Crippen LogP contribution in [0.1, 0.15) is 34.3 Å². The van der Waals surface area contributed by atoms with Crippen LogP contribution in [-0.4, -0.2) is 25.0 Å². The number of nitrogens with zero attached hydrogens (tertiary/aromatic N) is 1. The smallest absolute Gasteiger partial charge is 0.338 e. The van der Waals surface area contributed by atoms with Crippen molar-refractivity contribution in [1.29, 1.82) is 5.26 Å². The Balaban J connectivity index is 1.83. The maximum Gasteiger partial charge on any atom is 0.338 e. The molecule has 0 radical (unpaired) electrons. The minimum absolute atomic E-state index is 0.241. The van der Waals surface area contributed by atoms with E-state index < -0.39 is 11.9 Å². The molecule has 5 heteroatoms. The van der Waals surface area contributed by atoms with Gasteiger partial charge in [-0.1, -0.05) is 6.07 Å². The van der Waals surface area contributed by atoms with E-state index >= 15 is 0 Å². The zero-order valence-corrected chi connectivity index (χ0v) is 11.1. The fourth-order valence-electron chi connectivity index (χ4n) is 2.22. The number of hydrogen-bond donors (Lipinski definition) is 1. The van der Waals surface area contributed by atoms with Gasteiger partial charge >= 0.3 is 5.97 Å². The van der Waals surface area contributed by atoms with E-state index in [9.17, 15) is 9.59 Å². The summed E-state index contributed by atoms with van der Waals surface area (Å²) >= 11 is 0. The van der Waals surface area contributed by atoms with Gasteiger partial charge in [0.05, 0.1) is 18.1 Å². The fourth-order valence-corrected chi connectivity index (χ4v) is 2.22. The van der Waals surface area contributed by atoms with E-state index in [-0.39, 0.29) is 19.6 Å². The number of ether oxygens (including phenoxy) is 1. The van der Waals surface area contributed by atoms with Crippen molar-refractivity contribution in [2.75, 3.05) is 13.2 Å². The standard InChI is InChI=1S/C15H16N2O3/c16-7-2-8-17-14(18)10-20-15(19)13-6-5-11-3-1-4-12(11)9-13/h5-6,9H,1-4,8,10H2,(H,17,18). The number of hydrogen-bond acceptors (Lipinski definition) is 4. The summed E-state index contributed by atoms with van der Waals surface area (Å²) in [6.45, 7) is -0.0485. The van der Waals surface area contributed by atoms with Crippen molar-refractivity contribution in [3.05, 3.63) is 34.9 Å². The molecule has 1 aromatic carbocycles. The molecule has 0 aromatic heterocycles. The van der Waals surface area contributed by atoms with E-state index in [0.717, 1.165) is 19.3 Å². The summed E-state index contributed by atoms with van der Waals surface area (Å²) < 4.78 is 4.95. The first-order valence-electron chi connectivity index (χ1n) is 6.63. The predicted octanol–water partition coefficient (Wildman–Crippen LogP) is 1.36. The molecule has 1 amide bonds. The molecule has 0 fully saturated rings. The van der Waals surface area contributed by atoms with Crippen molar-refractivity contribution in [2.45, 2.75) is 25.7 Å². The predicted molar refractivity (Wildman–Crippen MR) is 72.0 cm³/mol. The minimum Gasteiger partial charge on any atom is -0.452 e. The maximum atomic E-state index is 11.8. The number of nitrogens with one attached hydrogen (secondary N) is 1. The molecule has 1 aliphatic carbocycles. The Morgan fingerprint density at radius 1 is 1.30 bits per heavy atom. The lowest BCUT2D eigenvalue weighted by Gasteiger charge is -2.06. The van der Waals surface area contributed by atoms with E-state index in [2.05, 4.69) is 5.32 Å². The highest BCUT2D eigenvalue weighted by Crippen LogP contribution is 2.23. The SMILES string of the molecule is N#CCCNC(=O)COC(=O)c1ccc2c(c1)CCC2. The summed E-state index contributed by atoms with van der Waals surface area (Å²) in [5.41, 5.74) is 2.96. The first-order chi connectivity index (χ1) is 9.70. The Morgan fingerprint density at radius 3 is 2.90 bits per heavy atom. The van der Waals surface area contributed by atoms with Crippen LogP contribution >= 0.6 is 0 Å². The fraction of sp³-hybridized carbons (Fsp3) is 0.400. The molecule has 0 unspecified atom stereocenters. The van der Waals surface area contributed by atoms with Crippen molar-refractivity contribution in [2.24, 2.45) is 0 Å². The van der Waals surface area contributed by atoms with Gasteiger partial charge in [0.2, 0.25) is 0 Å².